The molecule has 23 heavy (non-hydrogen) atoms. The number of amides is 2. The molecule has 2 heterocycles. The van der Waals surface area contributed by atoms with Gasteiger partial charge in [0, 0.05) is 18.8 Å². The fourth-order valence-corrected chi connectivity index (χ4v) is 1.94. The van der Waals surface area contributed by atoms with Gasteiger partial charge >= 0.3 is 6.03 Å². The number of nitrogens with one attached hydrogen (secondary N) is 2. The van der Waals surface area contributed by atoms with Crippen LogP contribution in [0, 0.1) is 0 Å². The van der Waals surface area contributed by atoms with Crippen molar-refractivity contribution in [2.45, 2.75) is 19.1 Å². The molecular weight excluding hydrogens is 298 g/mol. The second-order valence-corrected chi connectivity index (χ2v) is 5.83. The zero-order valence-corrected chi connectivity index (χ0v) is 13.6. The van der Waals surface area contributed by atoms with E-state index in [-0.39, 0.29) is 6.54 Å². The van der Waals surface area contributed by atoms with Crippen LogP contribution in [-0.4, -0.2) is 53.0 Å². The molecule has 3 N–H and O–H groups in total. The third-order valence-corrected chi connectivity index (χ3v) is 3.30. The number of hydrogen-bond acceptors (Lipinski definition) is 5. The molecule has 0 saturated carbocycles. The minimum Gasteiger partial charge on any atom is -0.466 e. The highest BCUT2D eigenvalue weighted by Gasteiger charge is 2.26. The standard InChI is InChI=1S/C15H23N5O3/c1-15(22,12-5-4-10-23-12)11-16-14(21)17-13-6-7-20(18-13)9-8-19(2)3/h4-7,10,22H,8-9,11H2,1-3H3,(H2,16,17,18,21). The van der Waals surface area contributed by atoms with Crippen LogP contribution in [0.3, 0.4) is 0 Å². The summed E-state index contributed by atoms with van der Waals surface area (Å²) < 4.78 is 6.92. The smallest absolute Gasteiger partial charge is 0.320 e. The molecule has 0 aliphatic heterocycles. The Balaban J connectivity index is 1.81. The number of aromatic nitrogens is 2. The van der Waals surface area contributed by atoms with Crippen molar-refractivity contribution in [2.24, 2.45) is 0 Å². The largest absolute Gasteiger partial charge is 0.466 e. The Hall–Kier alpha value is -2.32. The highest BCUT2D eigenvalue weighted by molar-refractivity contribution is 5.88. The van der Waals surface area contributed by atoms with Gasteiger partial charge in [0.25, 0.3) is 0 Å². The van der Waals surface area contributed by atoms with Crippen molar-refractivity contribution < 1.29 is 14.3 Å². The summed E-state index contributed by atoms with van der Waals surface area (Å²) in [4.78, 5) is 13.9. The highest BCUT2D eigenvalue weighted by atomic mass is 16.4. The molecule has 0 aliphatic rings. The number of anilines is 1. The molecule has 1 atom stereocenters. The van der Waals surface area contributed by atoms with Crippen molar-refractivity contribution in [2.75, 3.05) is 32.5 Å². The van der Waals surface area contributed by atoms with Crippen molar-refractivity contribution >= 4 is 11.8 Å². The van der Waals surface area contributed by atoms with E-state index >= 15 is 0 Å². The van der Waals surface area contributed by atoms with Gasteiger partial charge in [0.2, 0.25) is 0 Å². The van der Waals surface area contributed by atoms with Gasteiger partial charge < -0.3 is 19.7 Å². The van der Waals surface area contributed by atoms with E-state index in [4.69, 9.17) is 4.42 Å². The van der Waals surface area contributed by atoms with Crippen molar-refractivity contribution in [3.63, 3.8) is 0 Å². The molecule has 0 fully saturated rings. The molecule has 8 heteroatoms. The summed E-state index contributed by atoms with van der Waals surface area (Å²) >= 11 is 0. The Kier molecular flexibility index (Phi) is 5.41. The van der Waals surface area contributed by atoms with Crippen LogP contribution in [0.2, 0.25) is 0 Å². The number of rotatable bonds is 7. The summed E-state index contributed by atoms with van der Waals surface area (Å²) in [5.74, 6) is 0.852. The summed E-state index contributed by atoms with van der Waals surface area (Å²) in [6, 6.07) is 4.63. The van der Waals surface area contributed by atoms with Gasteiger partial charge in [-0.1, -0.05) is 0 Å². The quantitative estimate of drug-likeness (QED) is 0.709. The number of carbonyl (C=O) groups is 1. The average Bonchev–Trinajstić information content (AvgIpc) is 3.15. The van der Waals surface area contributed by atoms with Gasteiger partial charge in [0.05, 0.1) is 19.4 Å². The number of likely N-dealkylation sites (N-methyl/N-ethyl adjacent to an activating group) is 1. The summed E-state index contributed by atoms with van der Waals surface area (Å²) in [5.41, 5.74) is -1.27. The van der Waals surface area contributed by atoms with Crippen LogP contribution in [0.15, 0.2) is 35.1 Å². The van der Waals surface area contributed by atoms with Gasteiger partial charge in [-0.3, -0.25) is 10.00 Å². The lowest BCUT2D eigenvalue weighted by atomic mass is 10.0. The monoisotopic (exact) mass is 321 g/mol. The maximum absolute atomic E-state index is 11.9. The fourth-order valence-electron chi connectivity index (χ4n) is 1.94. The van der Waals surface area contributed by atoms with E-state index in [1.165, 1.54) is 6.26 Å². The Morgan fingerprint density at radius 3 is 2.91 bits per heavy atom. The molecule has 126 valence electrons. The van der Waals surface area contributed by atoms with Crippen molar-refractivity contribution in [1.29, 1.82) is 0 Å². The minimum atomic E-state index is -1.27. The second-order valence-electron chi connectivity index (χ2n) is 5.83. The van der Waals surface area contributed by atoms with Crippen LogP contribution in [0.5, 0.6) is 0 Å². The van der Waals surface area contributed by atoms with Gasteiger partial charge in [-0.05, 0) is 33.2 Å². The SMILES string of the molecule is CN(C)CCn1ccc(NC(=O)NCC(C)(O)c2ccco2)n1. The van der Waals surface area contributed by atoms with Gasteiger partial charge in [0.15, 0.2) is 5.82 Å². The zero-order chi connectivity index (χ0) is 16.9. The van der Waals surface area contributed by atoms with Crippen molar-refractivity contribution in [3.05, 3.63) is 36.4 Å². The fraction of sp³-hybridized carbons (Fsp3) is 0.467. The molecule has 0 aliphatic carbocycles. The first kappa shape index (κ1) is 17.0. The summed E-state index contributed by atoms with van der Waals surface area (Å²) in [6.45, 7) is 3.19. The second kappa shape index (κ2) is 7.30. The van der Waals surface area contributed by atoms with E-state index in [2.05, 4.69) is 20.6 Å². The number of carbonyl (C=O) groups excluding carboxylic acids is 1. The van der Waals surface area contributed by atoms with Crippen molar-refractivity contribution in [1.82, 2.24) is 20.0 Å². The van der Waals surface area contributed by atoms with Gasteiger partial charge in [-0.25, -0.2) is 4.79 Å². The van der Waals surface area contributed by atoms with Crippen LogP contribution in [-0.2, 0) is 12.1 Å². The molecule has 8 nitrogen and oxygen atoms in total. The van der Waals surface area contributed by atoms with Crippen LogP contribution in [0.4, 0.5) is 10.6 Å². The van der Waals surface area contributed by atoms with E-state index in [1.54, 1.807) is 36.0 Å². The third kappa shape index (κ3) is 5.11. The highest BCUT2D eigenvalue weighted by Crippen LogP contribution is 2.19. The lowest BCUT2D eigenvalue weighted by Gasteiger charge is -2.21. The molecule has 0 spiro atoms. The lowest BCUT2D eigenvalue weighted by molar-refractivity contribution is 0.0372. The predicted molar refractivity (Wildman–Crippen MR) is 86.1 cm³/mol. The van der Waals surface area contributed by atoms with E-state index in [0.717, 1.165) is 13.1 Å². The molecule has 2 rings (SSSR count). The van der Waals surface area contributed by atoms with Crippen LogP contribution >= 0.6 is 0 Å². The van der Waals surface area contributed by atoms with E-state index in [1.807, 2.05) is 14.1 Å². The third-order valence-electron chi connectivity index (χ3n) is 3.30. The summed E-state index contributed by atoms with van der Waals surface area (Å²) in [7, 11) is 3.97. The van der Waals surface area contributed by atoms with E-state index in [9.17, 15) is 9.90 Å². The first-order valence-corrected chi connectivity index (χ1v) is 7.36. The van der Waals surface area contributed by atoms with Crippen LogP contribution in [0.1, 0.15) is 12.7 Å². The van der Waals surface area contributed by atoms with E-state index in [0.29, 0.717) is 11.6 Å². The molecule has 2 aromatic heterocycles. The molecule has 0 bridgehead atoms. The summed E-state index contributed by atoms with van der Waals surface area (Å²) in [6.07, 6.45) is 3.28. The Bertz CT molecular complexity index is 619. The molecule has 1 unspecified atom stereocenters. The van der Waals surface area contributed by atoms with Crippen molar-refractivity contribution in [3.8, 4) is 0 Å². The maximum atomic E-state index is 11.9. The molecule has 0 saturated heterocycles. The Morgan fingerprint density at radius 1 is 1.48 bits per heavy atom. The minimum absolute atomic E-state index is 0.0215. The number of nitrogens with zero attached hydrogens (tertiary/aromatic N) is 3. The summed E-state index contributed by atoms with van der Waals surface area (Å²) in [5, 5.41) is 19.7. The molecule has 0 aromatic carbocycles. The van der Waals surface area contributed by atoms with E-state index < -0.39 is 11.6 Å². The topological polar surface area (TPSA) is 95.6 Å². The van der Waals surface area contributed by atoms with Crippen LogP contribution in [0.25, 0.3) is 0 Å². The molecular formula is C15H23N5O3. The van der Waals surface area contributed by atoms with Crippen LogP contribution < -0.4 is 10.6 Å². The molecule has 2 amide bonds. The first-order valence-electron chi connectivity index (χ1n) is 7.36. The lowest BCUT2D eigenvalue weighted by Crippen LogP contribution is -2.40. The number of aliphatic hydroxyl groups is 1. The Morgan fingerprint density at radius 2 is 2.26 bits per heavy atom. The number of urea groups is 1. The van der Waals surface area contributed by atoms with Gasteiger partial charge in [-0.2, -0.15) is 5.10 Å². The average molecular weight is 321 g/mol. The molecule has 0 radical (unpaired) electrons. The maximum Gasteiger partial charge on any atom is 0.320 e. The van der Waals surface area contributed by atoms with Gasteiger partial charge in [0.1, 0.15) is 11.4 Å². The first-order chi connectivity index (χ1) is 10.9. The number of furan rings is 1. The predicted octanol–water partition coefficient (Wildman–Crippen LogP) is 1.07. The number of hydrogen-bond donors (Lipinski definition) is 3. The normalized spacial score (nSPS) is 13.8. The zero-order valence-electron chi connectivity index (χ0n) is 13.6. The van der Waals surface area contributed by atoms with Gasteiger partial charge in [-0.15, -0.1) is 0 Å². The molecule has 2 aromatic rings. The Labute approximate surface area is 135 Å².